The van der Waals surface area contributed by atoms with E-state index in [1.807, 2.05) is 25.3 Å². The minimum Gasteiger partial charge on any atom is -0.465 e. The normalized spacial score (nSPS) is 21.7. The molecule has 6 heteroatoms. The minimum atomic E-state index is -0.376. The van der Waals surface area contributed by atoms with Gasteiger partial charge in [-0.2, -0.15) is 0 Å². The largest absolute Gasteiger partial charge is 0.465 e. The van der Waals surface area contributed by atoms with E-state index in [9.17, 15) is 9.59 Å². The molecule has 0 aromatic carbocycles. The van der Waals surface area contributed by atoms with Crippen LogP contribution in [0.4, 0.5) is 5.69 Å². The first-order chi connectivity index (χ1) is 10.5. The van der Waals surface area contributed by atoms with Gasteiger partial charge < -0.3 is 9.64 Å². The molecule has 0 radical (unpaired) electrons. The number of carbonyl (C=O) groups is 2. The zero-order valence-electron chi connectivity index (χ0n) is 13.2. The van der Waals surface area contributed by atoms with E-state index in [1.54, 1.807) is 4.90 Å². The van der Waals surface area contributed by atoms with Crippen LogP contribution in [-0.2, 0) is 9.53 Å². The van der Waals surface area contributed by atoms with E-state index in [0.29, 0.717) is 14.5 Å². The molecule has 0 bridgehead atoms. The van der Waals surface area contributed by atoms with Gasteiger partial charge in [0.1, 0.15) is 4.88 Å². The van der Waals surface area contributed by atoms with Crippen molar-refractivity contribution in [1.82, 2.24) is 0 Å². The second-order valence-electron chi connectivity index (χ2n) is 5.88. The van der Waals surface area contributed by atoms with Crippen LogP contribution in [0, 0.1) is 5.92 Å². The fraction of sp³-hybridized carbons (Fsp3) is 0.625. The second-order valence-corrected chi connectivity index (χ2v) is 8.56. The van der Waals surface area contributed by atoms with Crippen LogP contribution < -0.4 is 4.90 Å². The molecule has 0 aliphatic heterocycles. The summed E-state index contributed by atoms with van der Waals surface area (Å²) in [6.07, 6.45) is 4.06. The van der Waals surface area contributed by atoms with Crippen molar-refractivity contribution in [2.24, 2.45) is 5.92 Å². The number of thiophene rings is 1. The molecule has 1 fully saturated rings. The van der Waals surface area contributed by atoms with E-state index in [-0.39, 0.29) is 23.8 Å². The summed E-state index contributed by atoms with van der Waals surface area (Å²) < 4.78 is 5.52. The fourth-order valence-electron chi connectivity index (χ4n) is 2.89. The summed E-state index contributed by atoms with van der Waals surface area (Å²) in [5, 5.41) is 1.84. The van der Waals surface area contributed by atoms with E-state index in [2.05, 4.69) is 22.6 Å². The van der Waals surface area contributed by atoms with Crippen LogP contribution in [0.15, 0.2) is 11.4 Å². The highest BCUT2D eigenvalue weighted by Crippen LogP contribution is 2.34. The van der Waals surface area contributed by atoms with E-state index >= 15 is 0 Å². The zero-order valence-corrected chi connectivity index (χ0v) is 16.1. The van der Waals surface area contributed by atoms with Crippen molar-refractivity contribution < 1.29 is 14.3 Å². The summed E-state index contributed by atoms with van der Waals surface area (Å²) in [6, 6.07) is 1.86. The van der Waals surface area contributed by atoms with Gasteiger partial charge in [-0.3, -0.25) is 4.79 Å². The molecule has 1 amide bonds. The first kappa shape index (κ1) is 17.7. The first-order valence-corrected chi connectivity index (χ1v) is 9.71. The van der Waals surface area contributed by atoms with Crippen LogP contribution >= 0.6 is 33.9 Å². The fourth-order valence-corrected chi connectivity index (χ4v) is 4.40. The highest BCUT2D eigenvalue weighted by atomic mass is 127. The summed E-state index contributed by atoms with van der Waals surface area (Å²) in [7, 11) is 1.37. The number of nitrogens with zero attached hydrogens (tertiary/aromatic N) is 1. The molecule has 0 saturated heterocycles. The highest BCUT2D eigenvalue weighted by molar-refractivity contribution is 14.1. The molecule has 22 heavy (non-hydrogen) atoms. The Kier molecular flexibility index (Phi) is 6.26. The average Bonchev–Trinajstić information content (AvgIpc) is 2.96. The standard InChI is InChI=1S/C16H22INO3S/c1-10(2)18(13-8-9-22-14(13)16(20)21-3)15(19)11-4-6-12(17)7-5-11/h8-12H,4-7H2,1-3H3. The maximum absolute atomic E-state index is 13.0. The van der Waals surface area contributed by atoms with Gasteiger partial charge in [0.15, 0.2) is 0 Å². The average molecular weight is 435 g/mol. The number of carbonyl (C=O) groups excluding carboxylic acids is 2. The topological polar surface area (TPSA) is 46.6 Å². The van der Waals surface area contributed by atoms with Gasteiger partial charge in [-0.05, 0) is 51.0 Å². The number of rotatable bonds is 4. The lowest BCUT2D eigenvalue weighted by Crippen LogP contribution is -2.42. The van der Waals surface area contributed by atoms with Crippen LogP contribution in [0.5, 0.6) is 0 Å². The van der Waals surface area contributed by atoms with Crippen LogP contribution in [-0.4, -0.2) is 29.0 Å². The second kappa shape index (κ2) is 7.77. The quantitative estimate of drug-likeness (QED) is 0.403. The van der Waals surface area contributed by atoms with Crippen LogP contribution in [0.3, 0.4) is 0 Å². The van der Waals surface area contributed by atoms with Crippen molar-refractivity contribution in [3.8, 4) is 0 Å². The molecule has 1 aromatic rings. The number of amides is 1. The maximum Gasteiger partial charge on any atom is 0.350 e. The Labute approximate surface area is 149 Å². The van der Waals surface area contributed by atoms with Crippen LogP contribution in [0.1, 0.15) is 49.2 Å². The van der Waals surface area contributed by atoms with Gasteiger partial charge in [0.25, 0.3) is 0 Å². The Bertz CT molecular complexity index is 535. The molecule has 1 aromatic heterocycles. The zero-order chi connectivity index (χ0) is 16.3. The van der Waals surface area contributed by atoms with Gasteiger partial charge in [0.05, 0.1) is 12.8 Å². The van der Waals surface area contributed by atoms with Crippen molar-refractivity contribution >= 4 is 51.5 Å². The molecular formula is C16H22INO3S. The van der Waals surface area contributed by atoms with E-state index < -0.39 is 0 Å². The van der Waals surface area contributed by atoms with Gasteiger partial charge in [0, 0.05) is 15.9 Å². The van der Waals surface area contributed by atoms with Gasteiger partial charge in [-0.15, -0.1) is 11.3 Å². The molecule has 0 N–H and O–H groups in total. The van der Waals surface area contributed by atoms with Crippen LogP contribution in [0.25, 0.3) is 0 Å². The van der Waals surface area contributed by atoms with E-state index in [0.717, 1.165) is 25.7 Å². The molecule has 122 valence electrons. The number of hydrogen-bond donors (Lipinski definition) is 0. The summed E-state index contributed by atoms with van der Waals surface area (Å²) in [6.45, 7) is 3.97. The third-order valence-electron chi connectivity index (χ3n) is 4.03. The molecule has 2 rings (SSSR count). The van der Waals surface area contributed by atoms with Gasteiger partial charge in [0.2, 0.25) is 5.91 Å². The van der Waals surface area contributed by atoms with Crippen molar-refractivity contribution in [3.63, 3.8) is 0 Å². The SMILES string of the molecule is COC(=O)c1sccc1N(C(=O)C1CCC(I)CC1)C(C)C. The third-order valence-corrected chi connectivity index (χ3v) is 6.16. The van der Waals surface area contributed by atoms with Crippen molar-refractivity contribution in [3.05, 3.63) is 16.3 Å². The Morgan fingerprint density at radius 2 is 1.95 bits per heavy atom. The van der Waals surface area contributed by atoms with Crippen LogP contribution in [0.2, 0.25) is 0 Å². The van der Waals surface area contributed by atoms with Gasteiger partial charge >= 0.3 is 5.97 Å². The lowest BCUT2D eigenvalue weighted by Gasteiger charge is -2.33. The Hall–Kier alpha value is -0.630. The predicted molar refractivity (Wildman–Crippen MR) is 98.0 cm³/mol. The number of esters is 1. The number of anilines is 1. The molecule has 0 spiro atoms. The first-order valence-electron chi connectivity index (χ1n) is 7.58. The van der Waals surface area contributed by atoms with Gasteiger partial charge in [-0.25, -0.2) is 4.79 Å². The molecule has 1 aliphatic carbocycles. The molecule has 4 nitrogen and oxygen atoms in total. The van der Waals surface area contributed by atoms with Gasteiger partial charge in [-0.1, -0.05) is 22.6 Å². The van der Waals surface area contributed by atoms with Crippen molar-refractivity contribution in [2.75, 3.05) is 12.0 Å². The Morgan fingerprint density at radius 1 is 1.32 bits per heavy atom. The monoisotopic (exact) mass is 435 g/mol. The summed E-state index contributed by atoms with van der Waals surface area (Å²) in [5.41, 5.74) is 0.688. The number of alkyl halides is 1. The molecular weight excluding hydrogens is 413 g/mol. The molecule has 1 heterocycles. The Morgan fingerprint density at radius 3 is 2.50 bits per heavy atom. The number of methoxy groups -OCH3 is 1. The third kappa shape index (κ3) is 3.82. The number of halogens is 1. The van der Waals surface area contributed by atoms with Crippen molar-refractivity contribution in [2.45, 2.75) is 49.5 Å². The molecule has 0 atom stereocenters. The maximum atomic E-state index is 13.0. The summed E-state index contributed by atoms with van der Waals surface area (Å²) >= 11 is 3.79. The molecule has 1 aliphatic rings. The highest BCUT2D eigenvalue weighted by Gasteiger charge is 2.32. The summed E-state index contributed by atoms with van der Waals surface area (Å²) in [4.78, 5) is 27.2. The predicted octanol–water partition coefficient (Wildman–Crippen LogP) is 4.27. The Balaban J connectivity index is 2.25. The minimum absolute atomic E-state index is 0.0165. The summed E-state index contributed by atoms with van der Waals surface area (Å²) in [5.74, 6) is -0.167. The number of hydrogen-bond acceptors (Lipinski definition) is 4. The number of ether oxygens (including phenoxy) is 1. The lowest BCUT2D eigenvalue weighted by molar-refractivity contribution is -0.123. The smallest absolute Gasteiger partial charge is 0.350 e. The van der Waals surface area contributed by atoms with E-state index in [4.69, 9.17) is 4.74 Å². The molecule has 1 saturated carbocycles. The lowest BCUT2D eigenvalue weighted by atomic mass is 9.88. The molecule has 0 unspecified atom stereocenters. The van der Waals surface area contributed by atoms with Crippen molar-refractivity contribution in [1.29, 1.82) is 0 Å². The van der Waals surface area contributed by atoms with E-state index in [1.165, 1.54) is 18.4 Å².